The lowest BCUT2D eigenvalue weighted by atomic mass is 9.90. The smallest absolute Gasteiger partial charge is 0.309 e. The van der Waals surface area contributed by atoms with Gasteiger partial charge in [0, 0.05) is 12.3 Å². The highest BCUT2D eigenvalue weighted by atomic mass is 16.4. The topological polar surface area (TPSA) is 91.7 Å². The second kappa shape index (κ2) is 19.6. The maximum Gasteiger partial charge on any atom is 0.309 e. The summed E-state index contributed by atoms with van der Waals surface area (Å²) in [7, 11) is 0. The molecule has 0 fully saturated rings. The van der Waals surface area contributed by atoms with Gasteiger partial charge in [-0.3, -0.25) is 14.4 Å². The van der Waals surface area contributed by atoms with Crippen LogP contribution in [0.2, 0.25) is 0 Å². The van der Waals surface area contributed by atoms with Crippen molar-refractivity contribution in [1.29, 1.82) is 0 Å². The van der Waals surface area contributed by atoms with Crippen LogP contribution in [0.1, 0.15) is 131 Å². The first-order valence-corrected chi connectivity index (χ1v) is 12.1. The van der Waals surface area contributed by atoms with Crippen molar-refractivity contribution in [2.24, 2.45) is 11.3 Å². The predicted octanol–water partition coefficient (Wildman–Crippen LogP) is 7.26. The Morgan fingerprint density at radius 3 is 1.47 bits per heavy atom. The van der Waals surface area contributed by atoms with Crippen LogP contribution in [0.15, 0.2) is 0 Å². The minimum absolute atomic E-state index is 0.345. The molecule has 1 atom stereocenters. The molecule has 0 aliphatic heterocycles. The Balaban J connectivity index is 0. The number of hydrogen-bond acceptors (Lipinski definition) is 3. The van der Waals surface area contributed by atoms with Crippen LogP contribution in [0.25, 0.3) is 0 Å². The zero-order chi connectivity index (χ0) is 23.4. The van der Waals surface area contributed by atoms with Crippen molar-refractivity contribution in [2.75, 3.05) is 0 Å². The minimum atomic E-state index is -1.16. The summed E-state index contributed by atoms with van der Waals surface area (Å²) in [4.78, 5) is 32.0. The van der Waals surface area contributed by atoms with Crippen molar-refractivity contribution in [1.82, 2.24) is 0 Å². The van der Waals surface area contributed by atoms with E-state index in [0.29, 0.717) is 11.7 Å². The quantitative estimate of drug-likeness (QED) is 0.224. The predicted molar refractivity (Wildman–Crippen MR) is 124 cm³/mol. The van der Waals surface area contributed by atoms with Gasteiger partial charge in [-0.15, -0.1) is 0 Å². The average Bonchev–Trinajstić information content (AvgIpc) is 2.68. The summed E-state index contributed by atoms with van der Waals surface area (Å²) >= 11 is 0. The van der Waals surface area contributed by atoms with Gasteiger partial charge >= 0.3 is 11.9 Å². The van der Waals surface area contributed by atoms with Crippen molar-refractivity contribution in [3.05, 3.63) is 0 Å². The lowest BCUT2D eigenvalue weighted by Gasteiger charge is -2.14. The van der Waals surface area contributed by atoms with Crippen LogP contribution >= 0.6 is 0 Å². The molecular weight excluding hydrogens is 380 g/mol. The molecule has 0 aromatic heterocycles. The number of carboxylic acid groups (broad SMARTS) is 2. The molecule has 0 aliphatic rings. The number of rotatable bonds is 18. The summed E-state index contributed by atoms with van der Waals surface area (Å²) in [5.41, 5.74) is -1.16. The Bertz CT molecular complexity index is 456. The standard InChI is InChI=1S/C19H38O.C6H10O4/c1-4-7-8-9-10-11-12-13-14-15-16-17-18(5-2)19(20)6-3;1-6(2,5(9)10)3-4(7)8/h18H,4-17H2,1-3H3;3H2,1-2H3,(H,7,8)(H,9,10). The number of carbonyl (C=O) groups is 3. The zero-order valence-corrected chi connectivity index (χ0v) is 20.3. The Kier molecular flexibility index (Phi) is 20.1. The van der Waals surface area contributed by atoms with Crippen molar-refractivity contribution in [3.63, 3.8) is 0 Å². The molecule has 0 amide bonds. The van der Waals surface area contributed by atoms with Crippen LogP contribution in [0, 0.1) is 11.3 Å². The van der Waals surface area contributed by atoms with E-state index < -0.39 is 17.4 Å². The molecule has 178 valence electrons. The Hall–Kier alpha value is -1.39. The zero-order valence-electron chi connectivity index (χ0n) is 20.3. The van der Waals surface area contributed by atoms with Crippen LogP contribution in [0.4, 0.5) is 0 Å². The summed E-state index contributed by atoms with van der Waals surface area (Å²) in [6, 6.07) is 0. The largest absolute Gasteiger partial charge is 0.481 e. The van der Waals surface area contributed by atoms with E-state index in [1.165, 1.54) is 84.5 Å². The Morgan fingerprint density at radius 1 is 0.733 bits per heavy atom. The number of carboxylic acids is 2. The first kappa shape index (κ1) is 30.8. The maximum absolute atomic E-state index is 11.7. The van der Waals surface area contributed by atoms with Crippen molar-refractivity contribution >= 4 is 17.7 Å². The highest BCUT2D eigenvalue weighted by Crippen LogP contribution is 2.20. The molecule has 0 heterocycles. The van der Waals surface area contributed by atoms with Crippen molar-refractivity contribution < 1.29 is 24.6 Å². The van der Waals surface area contributed by atoms with Gasteiger partial charge in [-0.2, -0.15) is 0 Å². The van der Waals surface area contributed by atoms with Crippen molar-refractivity contribution in [2.45, 2.75) is 131 Å². The lowest BCUT2D eigenvalue weighted by molar-refractivity contribution is -0.153. The molecule has 0 aromatic rings. The molecule has 0 aliphatic carbocycles. The maximum atomic E-state index is 11.7. The molecule has 5 nitrogen and oxygen atoms in total. The van der Waals surface area contributed by atoms with Gasteiger partial charge in [0.1, 0.15) is 5.78 Å². The number of unbranched alkanes of at least 4 members (excludes halogenated alkanes) is 10. The van der Waals surface area contributed by atoms with Gasteiger partial charge in [-0.05, 0) is 26.7 Å². The van der Waals surface area contributed by atoms with E-state index in [2.05, 4.69) is 13.8 Å². The third-order valence-corrected chi connectivity index (χ3v) is 5.62. The number of ketones is 1. The second-order valence-corrected chi connectivity index (χ2v) is 9.01. The van der Waals surface area contributed by atoms with E-state index in [1.54, 1.807) is 0 Å². The fourth-order valence-corrected chi connectivity index (χ4v) is 3.39. The van der Waals surface area contributed by atoms with Gasteiger partial charge in [0.15, 0.2) is 0 Å². The van der Waals surface area contributed by atoms with Gasteiger partial charge in [0.05, 0.1) is 11.8 Å². The van der Waals surface area contributed by atoms with E-state index in [4.69, 9.17) is 10.2 Å². The van der Waals surface area contributed by atoms with E-state index in [1.807, 2.05) is 6.92 Å². The molecule has 2 N–H and O–H groups in total. The third kappa shape index (κ3) is 18.6. The SMILES string of the molecule is CC(C)(CC(=O)O)C(=O)O.CCCCCCCCCCCCCC(CC)C(=O)CC. The van der Waals surface area contributed by atoms with Gasteiger partial charge in [-0.1, -0.05) is 91.4 Å². The van der Waals surface area contributed by atoms with Gasteiger partial charge in [-0.25, -0.2) is 0 Å². The molecule has 30 heavy (non-hydrogen) atoms. The van der Waals surface area contributed by atoms with Gasteiger partial charge in [0.25, 0.3) is 0 Å². The van der Waals surface area contributed by atoms with Crippen LogP contribution in [-0.4, -0.2) is 27.9 Å². The normalized spacial score (nSPS) is 12.0. The number of Topliss-reactive ketones (excluding diaryl/α,β-unsaturated/α-hetero) is 1. The minimum Gasteiger partial charge on any atom is -0.481 e. The van der Waals surface area contributed by atoms with Crippen LogP contribution in [0.5, 0.6) is 0 Å². The van der Waals surface area contributed by atoms with E-state index in [0.717, 1.165) is 19.3 Å². The van der Waals surface area contributed by atoms with Crippen LogP contribution in [-0.2, 0) is 14.4 Å². The van der Waals surface area contributed by atoms with E-state index in [-0.39, 0.29) is 6.42 Å². The fraction of sp³-hybridized carbons (Fsp3) is 0.880. The molecule has 0 saturated heterocycles. The van der Waals surface area contributed by atoms with Crippen LogP contribution in [0.3, 0.4) is 0 Å². The first-order chi connectivity index (χ1) is 14.1. The summed E-state index contributed by atoms with van der Waals surface area (Å²) in [5, 5.41) is 16.7. The molecule has 0 saturated carbocycles. The molecule has 0 aromatic carbocycles. The Labute approximate surface area is 185 Å². The average molecular weight is 429 g/mol. The molecule has 0 rings (SSSR count). The molecule has 0 bridgehead atoms. The fourth-order valence-electron chi connectivity index (χ4n) is 3.39. The van der Waals surface area contributed by atoms with Gasteiger partial charge in [0.2, 0.25) is 0 Å². The Morgan fingerprint density at radius 2 is 1.17 bits per heavy atom. The number of carbonyl (C=O) groups excluding carboxylic acids is 1. The first-order valence-electron chi connectivity index (χ1n) is 12.1. The summed E-state index contributed by atoms with van der Waals surface area (Å²) in [5.74, 6) is -1.36. The summed E-state index contributed by atoms with van der Waals surface area (Å²) < 4.78 is 0. The highest BCUT2D eigenvalue weighted by Gasteiger charge is 2.29. The molecule has 5 heteroatoms. The van der Waals surface area contributed by atoms with Crippen molar-refractivity contribution in [3.8, 4) is 0 Å². The summed E-state index contributed by atoms with van der Waals surface area (Å²) in [6.07, 6.45) is 17.8. The molecule has 1 unspecified atom stereocenters. The lowest BCUT2D eigenvalue weighted by Crippen LogP contribution is -2.26. The molecule has 0 spiro atoms. The van der Waals surface area contributed by atoms with E-state index in [9.17, 15) is 14.4 Å². The number of hydrogen-bond donors (Lipinski definition) is 2. The monoisotopic (exact) mass is 428 g/mol. The molecule has 0 radical (unpaired) electrons. The van der Waals surface area contributed by atoms with Gasteiger partial charge < -0.3 is 10.2 Å². The third-order valence-electron chi connectivity index (χ3n) is 5.62. The number of aliphatic carboxylic acids is 2. The summed E-state index contributed by atoms with van der Waals surface area (Å²) in [6.45, 7) is 9.17. The highest BCUT2D eigenvalue weighted by molar-refractivity contribution is 5.81. The van der Waals surface area contributed by atoms with Crippen LogP contribution < -0.4 is 0 Å². The van der Waals surface area contributed by atoms with E-state index >= 15 is 0 Å². The second-order valence-electron chi connectivity index (χ2n) is 9.01. The molecular formula is C25H48O5.